The molecule has 3 heterocycles. The Hall–Kier alpha value is -2.78. The second-order valence-corrected chi connectivity index (χ2v) is 6.43. The number of rotatable bonds is 3. The number of nitrogens with one attached hydrogen (secondary N) is 1. The van der Waals surface area contributed by atoms with Crippen LogP contribution in [0, 0.1) is 5.92 Å². The molecule has 27 heavy (non-hydrogen) atoms. The Bertz CT molecular complexity index is 866. The first-order chi connectivity index (χ1) is 12.9. The Kier molecular flexibility index (Phi) is 4.40. The van der Waals surface area contributed by atoms with Gasteiger partial charge in [0.1, 0.15) is 19.0 Å². The van der Waals surface area contributed by atoms with E-state index in [0.29, 0.717) is 41.9 Å². The Morgan fingerprint density at radius 2 is 2.07 bits per heavy atom. The van der Waals surface area contributed by atoms with Crippen LogP contribution >= 0.6 is 0 Å². The Balaban J connectivity index is 1.45. The molecule has 1 atom stereocenters. The van der Waals surface area contributed by atoms with Crippen LogP contribution in [0.25, 0.3) is 0 Å². The number of benzene rings is 1. The fourth-order valence-corrected chi connectivity index (χ4v) is 3.31. The molecule has 2 aliphatic heterocycles. The van der Waals surface area contributed by atoms with Gasteiger partial charge in [-0.25, -0.2) is 0 Å². The molecule has 1 aromatic carbocycles. The highest BCUT2D eigenvalue weighted by molar-refractivity contribution is 5.97. The topological polar surface area (TPSA) is 78.3 Å². The van der Waals surface area contributed by atoms with Gasteiger partial charge in [-0.05, 0) is 18.6 Å². The maximum atomic E-state index is 12.9. The van der Waals surface area contributed by atoms with Crippen molar-refractivity contribution in [2.75, 3.05) is 13.2 Å². The normalized spacial score (nSPS) is 18.7. The second kappa shape index (κ2) is 6.75. The maximum absolute atomic E-state index is 12.9. The van der Waals surface area contributed by atoms with Crippen LogP contribution in [0.1, 0.15) is 28.4 Å². The van der Waals surface area contributed by atoms with Crippen molar-refractivity contribution < 1.29 is 27.4 Å². The molecule has 10 heteroatoms. The molecule has 7 nitrogen and oxygen atoms in total. The summed E-state index contributed by atoms with van der Waals surface area (Å²) in [6, 6.07) is 5.03. The largest absolute Gasteiger partial charge is 0.486 e. The lowest BCUT2D eigenvalue weighted by atomic mass is 9.97. The van der Waals surface area contributed by atoms with Gasteiger partial charge in [0.2, 0.25) is 0 Å². The minimum Gasteiger partial charge on any atom is -0.486 e. The number of ether oxygens (including phenoxy) is 2. The van der Waals surface area contributed by atoms with E-state index in [1.165, 1.54) is 0 Å². The number of amides is 1. The van der Waals surface area contributed by atoms with Gasteiger partial charge in [0.25, 0.3) is 5.91 Å². The van der Waals surface area contributed by atoms with E-state index in [1.807, 2.05) is 0 Å². The number of aromatic nitrogens is 3. The highest BCUT2D eigenvalue weighted by Crippen LogP contribution is 2.35. The van der Waals surface area contributed by atoms with Crippen molar-refractivity contribution in [2.24, 2.45) is 5.92 Å². The minimum atomic E-state index is -4.24. The number of hydrogen-bond acceptors (Lipinski definition) is 5. The Morgan fingerprint density at radius 1 is 1.26 bits per heavy atom. The molecule has 0 saturated heterocycles. The number of halogens is 3. The summed E-state index contributed by atoms with van der Waals surface area (Å²) < 4.78 is 51.3. The summed E-state index contributed by atoms with van der Waals surface area (Å²) in [7, 11) is 0. The molecule has 2 aromatic rings. The van der Waals surface area contributed by atoms with E-state index in [-0.39, 0.29) is 31.8 Å². The van der Waals surface area contributed by atoms with E-state index in [9.17, 15) is 18.0 Å². The smallest absolute Gasteiger partial charge is 0.392 e. The third-order valence-electron chi connectivity index (χ3n) is 4.71. The summed E-state index contributed by atoms with van der Waals surface area (Å²) in [5.74, 6) is -0.157. The van der Waals surface area contributed by atoms with Gasteiger partial charge in [-0.1, -0.05) is 6.07 Å². The minimum absolute atomic E-state index is 0.0210. The summed E-state index contributed by atoms with van der Waals surface area (Å²) in [6.07, 6.45) is -4.45. The first-order valence-electron chi connectivity index (χ1n) is 8.58. The van der Waals surface area contributed by atoms with Crippen molar-refractivity contribution in [1.29, 1.82) is 0 Å². The van der Waals surface area contributed by atoms with Crippen molar-refractivity contribution in [2.45, 2.75) is 32.1 Å². The van der Waals surface area contributed by atoms with Gasteiger partial charge in [0.15, 0.2) is 17.3 Å². The van der Waals surface area contributed by atoms with Crippen LogP contribution in [-0.2, 0) is 19.5 Å². The predicted molar refractivity (Wildman–Crippen MR) is 86.5 cm³/mol. The monoisotopic (exact) mass is 382 g/mol. The van der Waals surface area contributed by atoms with E-state index < -0.39 is 12.1 Å². The summed E-state index contributed by atoms with van der Waals surface area (Å²) >= 11 is 0. The maximum Gasteiger partial charge on any atom is 0.392 e. The van der Waals surface area contributed by atoms with Gasteiger partial charge in [-0.15, -0.1) is 10.2 Å². The van der Waals surface area contributed by atoms with Gasteiger partial charge >= 0.3 is 6.18 Å². The third kappa shape index (κ3) is 3.43. The predicted octanol–water partition coefficient (Wildman–Crippen LogP) is 2.10. The highest BCUT2D eigenvalue weighted by atomic mass is 19.4. The lowest BCUT2D eigenvalue weighted by Crippen LogP contribution is -2.32. The lowest BCUT2D eigenvalue weighted by Gasteiger charge is -2.25. The molecule has 1 aromatic heterocycles. The van der Waals surface area contributed by atoms with Crippen LogP contribution in [-0.4, -0.2) is 40.1 Å². The molecule has 0 spiro atoms. The average Bonchev–Trinajstić information content (AvgIpc) is 3.07. The summed E-state index contributed by atoms with van der Waals surface area (Å²) in [4.78, 5) is 12.5. The molecule has 1 amide bonds. The van der Waals surface area contributed by atoms with Crippen molar-refractivity contribution in [3.63, 3.8) is 0 Å². The zero-order valence-electron chi connectivity index (χ0n) is 14.3. The van der Waals surface area contributed by atoms with Crippen molar-refractivity contribution in [3.8, 4) is 11.5 Å². The van der Waals surface area contributed by atoms with Crippen LogP contribution in [0.15, 0.2) is 18.2 Å². The van der Waals surface area contributed by atoms with Gasteiger partial charge in [0.05, 0.1) is 18.0 Å². The molecule has 0 aliphatic carbocycles. The summed E-state index contributed by atoms with van der Waals surface area (Å²) in [5, 5.41) is 10.5. The fourth-order valence-electron chi connectivity index (χ4n) is 3.31. The number of nitrogens with zero attached hydrogens (tertiary/aromatic N) is 3. The molecular weight excluding hydrogens is 365 g/mol. The number of carbonyl (C=O) groups excluding carboxylic acids is 1. The average molecular weight is 382 g/mol. The van der Waals surface area contributed by atoms with Crippen molar-refractivity contribution >= 4 is 5.91 Å². The highest BCUT2D eigenvalue weighted by Gasteiger charge is 2.42. The molecule has 1 unspecified atom stereocenters. The molecular formula is C17H17F3N4O3. The van der Waals surface area contributed by atoms with E-state index >= 15 is 0 Å². The molecule has 0 fully saturated rings. The van der Waals surface area contributed by atoms with Crippen LogP contribution < -0.4 is 14.8 Å². The van der Waals surface area contributed by atoms with Gasteiger partial charge in [0, 0.05) is 13.0 Å². The third-order valence-corrected chi connectivity index (χ3v) is 4.71. The van der Waals surface area contributed by atoms with E-state index in [4.69, 9.17) is 9.47 Å². The zero-order valence-corrected chi connectivity index (χ0v) is 14.3. The zero-order chi connectivity index (χ0) is 19.0. The first kappa shape index (κ1) is 17.6. The van der Waals surface area contributed by atoms with E-state index in [1.54, 1.807) is 22.8 Å². The molecule has 0 saturated carbocycles. The molecule has 0 bridgehead atoms. The summed E-state index contributed by atoms with van der Waals surface area (Å²) in [6.45, 7) is 1.01. The molecule has 4 rings (SSSR count). The number of hydrogen-bond donors (Lipinski definition) is 1. The molecule has 0 radical (unpaired) electrons. The van der Waals surface area contributed by atoms with Gasteiger partial charge in [-0.3, -0.25) is 4.79 Å². The number of para-hydroxylation sites is 1. The Labute approximate surface area is 152 Å². The van der Waals surface area contributed by atoms with Crippen LogP contribution in [0.2, 0.25) is 0 Å². The lowest BCUT2D eigenvalue weighted by molar-refractivity contribution is -0.179. The second-order valence-electron chi connectivity index (χ2n) is 6.43. The molecule has 144 valence electrons. The standard InChI is InChI=1S/C17H17F3N4O3/c18-17(19,20)10-4-5-24-13(8-10)22-23-14(24)9-21-16(25)11-2-1-3-12-15(11)27-7-6-26-12/h1-3,10H,4-9H2,(H,21,25). The quantitative estimate of drug-likeness (QED) is 0.880. The number of carbonyl (C=O) groups is 1. The molecule has 2 aliphatic rings. The van der Waals surface area contributed by atoms with E-state index in [2.05, 4.69) is 15.5 Å². The van der Waals surface area contributed by atoms with E-state index in [0.717, 1.165) is 0 Å². The van der Waals surface area contributed by atoms with Crippen LogP contribution in [0.3, 0.4) is 0 Å². The fraction of sp³-hybridized carbons (Fsp3) is 0.471. The first-order valence-corrected chi connectivity index (χ1v) is 8.58. The van der Waals surface area contributed by atoms with Gasteiger partial charge < -0.3 is 19.4 Å². The number of fused-ring (bicyclic) bond motifs is 2. The Morgan fingerprint density at radius 3 is 2.89 bits per heavy atom. The van der Waals surface area contributed by atoms with Gasteiger partial charge in [-0.2, -0.15) is 13.2 Å². The van der Waals surface area contributed by atoms with Crippen LogP contribution in [0.4, 0.5) is 13.2 Å². The van der Waals surface area contributed by atoms with Crippen molar-refractivity contribution in [1.82, 2.24) is 20.1 Å². The van der Waals surface area contributed by atoms with Crippen LogP contribution in [0.5, 0.6) is 11.5 Å². The van der Waals surface area contributed by atoms with Crippen molar-refractivity contribution in [3.05, 3.63) is 35.4 Å². The molecule has 1 N–H and O–H groups in total. The summed E-state index contributed by atoms with van der Waals surface area (Å²) in [5.41, 5.74) is 0.336. The SMILES string of the molecule is O=C(NCc1nnc2n1CCC(C(F)(F)F)C2)c1cccc2c1OCCO2. The number of alkyl halides is 3.